The summed E-state index contributed by atoms with van der Waals surface area (Å²) in [6, 6.07) is 3.86. The summed E-state index contributed by atoms with van der Waals surface area (Å²) in [4.78, 5) is 18.7. The Morgan fingerprint density at radius 2 is 2.21 bits per heavy atom. The van der Waals surface area contributed by atoms with Crippen LogP contribution in [0.4, 0.5) is 5.82 Å². The fourth-order valence-electron chi connectivity index (χ4n) is 1.94. The summed E-state index contributed by atoms with van der Waals surface area (Å²) in [5.74, 6) is 0.826. The van der Waals surface area contributed by atoms with Gasteiger partial charge in [-0.05, 0) is 31.9 Å². The lowest BCUT2D eigenvalue weighted by Crippen LogP contribution is -2.39. The molecule has 106 valence electrons. The van der Waals surface area contributed by atoms with Crippen molar-refractivity contribution in [3.63, 3.8) is 0 Å². The standard InChI is InChI=1S/C15H25N3O/c1-5-7-10-18(12(3)6-2)15(19)13-8-9-17-14(11-13)16-4/h8-9,11-12H,5-7,10H2,1-4H3,(H,16,17). The van der Waals surface area contributed by atoms with Crippen molar-refractivity contribution < 1.29 is 4.79 Å². The number of amides is 1. The lowest BCUT2D eigenvalue weighted by Gasteiger charge is -2.28. The average molecular weight is 263 g/mol. The van der Waals surface area contributed by atoms with Gasteiger partial charge < -0.3 is 10.2 Å². The van der Waals surface area contributed by atoms with Gasteiger partial charge >= 0.3 is 0 Å². The number of nitrogens with zero attached hydrogens (tertiary/aromatic N) is 2. The van der Waals surface area contributed by atoms with Gasteiger partial charge in [-0.25, -0.2) is 4.98 Å². The Hall–Kier alpha value is -1.58. The molecule has 1 heterocycles. The molecule has 1 unspecified atom stereocenters. The molecule has 0 aliphatic carbocycles. The van der Waals surface area contributed by atoms with Crippen molar-refractivity contribution in [1.82, 2.24) is 9.88 Å². The minimum Gasteiger partial charge on any atom is -0.373 e. The lowest BCUT2D eigenvalue weighted by atomic mass is 10.1. The summed E-state index contributed by atoms with van der Waals surface area (Å²) in [6.07, 6.45) is 4.78. The molecule has 0 spiro atoms. The molecule has 1 rings (SSSR count). The van der Waals surface area contributed by atoms with E-state index in [0.29, 0.717) is 5.56 Å². The van der Waals surface area contributed by atoms with E-state index in [0.717, 1.165) is 31.6 Å². The van der Waals surface area contributed by atoms with Crippen LogP contribution in [-0.4, -0.2) is 35.4 Å². The molecule has 19 heavy (non-hydrogen) atoms. The molecule has 1 aromatic rings. The van der Waals surface area contributed by atoms with Gasteiger partial charge in [-0.1, -0.05) is 20.3 Å². The zero-order valence-corrected chi connectivity index (χ0v) is 12.4. The van der Waals surface area contributed by atoms with Gasteiger partial charge in [0.1, 0.15) is 5.82 Å². The normalized spacial score (nSPS) is 12.0. The summed E-state index contributed by atoms with van der Waals surface area (Å²) in [5.41, 5.74) is 0.704. The fourth-order valence-corrected chi connectivity index (χ4v) is 1.94. The van der Waals surface area contributed by atoms with Gasteiger partial charge in [0.15, 0.2) is 0 Å². The van der Waals surface area contributed by atoms with Crippen molar-refractivity contribution in [1.29, 1.82) is 0 Å². The molecule has 0 fully saturated rings. The molecule has 0 aromatic carbocycles. The number of rotatable bonds is 7. The second-order valence-electron chi connectivity index (χ2n) is 4.79. The second kappa shape index (κ2) is 7.77. The van der Waals surface area contributed by atoms with E-state index in [9.17, 15) is 4.79 Å². The Morgan fingerprint density at radius 1 is 1.47 bits per heavy atom. The Labute approximate surface area is 116 Å². The van der Waals surface area contributed by atoms with Crippen molar-refractivity contribution in [3.8, 4) is 0 Å². The van der Waals surface area contributed by atoms with E-state index < -0.39 is 0 Å². The highest BCUT2D eigenvalue weighted by atomic mass is 16.2. The van der Waals surface area contributed by atoms with Crippen LogP contribution in [-0.2, 0) is 0 Å². The summed E-state index contributed by atoms with van der Waals surface area (Å²) in [7, 11) is 1.81. The number of aromatic nitrogens is 1. The summed E-state index contributed by atoms with van der Waals surface area (Å²) in [5, 5.41) is 2.97. The van der Waals surface area contributed by atoms with Crippen LogP contribution in [0.25, 0.3) is 0 Å². The van der Waals surface area contributed by atoms with E-state index >= 15 is 0 Å². The van der Waals surface area contributed by atoms with E-state index in [1.807, 2.05) is 11.0 Å². The molecule has 0 saturated heterocycles. The smallest absolute Gasteiger partial charge is 0.254 e. The molecule has 0 aliphatic rings. The summed E-state index contributed by atoms with van der Waals surface area (Å²) < 4.78 is 0. The first-order chi connectivity index (χ1) is 9.13. The lowest BCUT2D eigenvalue weighted by molar-refractivity contribution is 0.0685. The largest absolute Gasteiger partial charge is 0.373 e. The van der Waals surface area contributed by atoms with Gasteiger partial charge in [0.2, 0.25) is 0 Å². The van der Waals surface area contributed by atoms with Crippen molar-refractivity contribution in [2.24, 2.45) is 0 Å². The molecule has 1 N–H and O–H groups in total. The highest BCUT2D eigenvalue weighted by molar-refractivity contribution is 5.95. The van der Waals surface area contributed by atoms with E-state index in [2.05, 4.69) is 31.1 Å². The minimum absolute atomic E-state index is 0.0988. The Kier molecular flexibility index (Phi) is 6.33. The van der Waals surface area contributed by atoms with Crippen molar-refractivity contribution in [2.75, 3.05) is 18.9 Å². The summed E-state index contributed by atoms with van der Waals surface area (Å²) >= 11 is 0. The van der Waals surface area contributed by atoms with E-state index in [1.165, 1.54) is 0 Å². The quantitative estimate of drug-likeness (QED) is 0.822. The summed E-state index contributed by atoms with van der Waals surface area (Å²) in [6.45, 7) is 7.18. The zero-order chi connectivity index (χ0) is 14.3. The molecule has 1 atom stereocenters. The number of carbonyl (C=O) groups excluding carboxylic acids is 1. The highest BCUT2D eigenvalue weighted by Gasteiger charge is 2.20. The Balaban J connectivity index is 2.90. The Morgan fingerprint density at radius 3 is 2.79 bits per heavy atom. The SMILES string of the molecule is CCCCN(C(=O)c1ccnc(NC)c1)C(C)CC. The number of hydrogen-bond acceptors (Lipinski definition) is 3. The van der Waals surface area contributed by atoms with E-state index in [4.69, 9.17) is 0 Å². The van der Waals surface area contributed by atoms with Gasteiger partial charge in [-0.3, -0.25) is 4.79 Å². The van der Waals surface area contributed by atoms with Gasteiger partial charge in [0, 0.05) is 31.4 Å². The molecule has 1 amide bonds. The highest BCUT2D eigenvalue weighted by Crippen LogP contribution is 2.14. The van der Waals surface area contributed by atoms with Crippen LogP contribution in [0, 0.1) is 0 Å². The number of pyridine rings is 1. The molecule has 4 nitrogen and oxygen atoms in total. The van der Waals surface area contributed by atoms with Crippen molar-refractivity contribution >= 4 is 11.7 Å². The van der Waals surface area contributed by atoms with Crippen molar-refractivity contribution in [2.45, 2.75) is 46.1 Å². The first kappa shape index (κ1) is 15.5. The van der Waals surface area contributed by atoms with Crippen LogP contribution in [0.1, 0.15) is 50.4 Å². The monoisotopic (exact) mass is 263 g/mol. The number of hydrogen-bond donors (Lipinski definition) is 1. The molecule has 1 aromatic heterocycles. The number of carbonyl (C=O) groups is 1. The zero-order valence-electron chi connectivity index (χ0n) is 12.4. The molecular weight excluding hydrogens is 238 g/mol. The van der Waals surface area contributed by atoms with E-state index in [-0.39, 0.29) is 11.9 Å². The van der Waals surface area contributed by atoms with Crippen molar-refractivity contribution in [3.05, 3.63) is 23.9 Å². The van der Waals surface area contributed by atoms with Gasteiger partial charge in [0.25, 0.3) is 5.91 Å². The topological polar surface area (TPSA) is 45.2 Å². The van der Waals surface area contributed by atoms with Crippen LogP contribution in [0.3, 0.4) is 0 Å². The minimum atomic E-state index is 0.0988. The maximum absolute atomic E-state index is 12.6. The van der Waals surface area contributed by atoms with Gasteiger partial charge in [-0.2, -0.15) is 0 Å². The number of nitrogens with one attached hydrogen (secondary N) is 1. The molecular formula is C15H25N3O. The first-order valence-electron chi connectivity index (χ1n) is 7.08. The first-order valence-corrected chi connectivity index (χ1v) is 7.08. The number of unbranched alkanes of at least 4 members (excludes halogenated alkanes) is 1. The number of anilines is 1. The van der Waals surface area contributed by atoms with Gasteiger partial charge in [-0.15, -0.1) is 0 Å². The van der Waals surface area contributed by atoms with Crippen LogP contribution in [0.5, 0.6) is 0 Å². The third kappa shape index (κ3) is 4.23. The van der Waals surface area contributed by atoms with Crippen LogP contribution < -0.4 is 5.32 Å². The Bertz CT molecular complexity index is 406. The maximum Gasteiger partial charge on any atom is 0.254 e. The molecule has 4 heteroatoms. The fraction of sp³-hybridized carbons (Fsp3) is 0.600. The van der Waals surface area contributed by atoms with Gasteiger partial charge in [0.05, 0.1) is 0 Å². The molecule has 0 bridgehead atoms. The molecule has 0 saturated carbocycles. The van der Waals surface area contributed by atoms with Crippen LogP contribution in [0.15, 0.2) is 18.3 Å². The third-order valence-electron chi connectivity index (χ3n) is 3.40. The predicted octanol–water partition coefficient (Wildman–Crippen LogP) is 3.16. The predicted molar refractivity (Wildman–Crippen MR) is 79.5 cm³/mol. The van der Waals surface area contributed by atoms with Crippen LogP contribution >= 0.6 is 0 Å². The maximum atomic E-state index is 12.6. The van der Waals surface area contributed by atoms with E-state index in [1.54, 1.807) is 19.3 Å². The average Bonchev–Trinajstić information content (AvgIpc) is 2.47. The van der Waals surface area contributed by atoms with Crippen LogP contribution in [0.2, 0.25) is 0 Å². The third-order valence-corrected chi connectivity index (χ3v) is 3.40. The molecule has 0 aliphatic heterocycles. The second-order valence-corrected chi connectivity index (χ2v) is 4.79. The molecule has 0 radical (unpaired) electrons.